The molecule has 148 valence electrons. The zero-order valence-corrected chi connectivity index (χ0v) is 17.3. The highest BCUT2D eigenvalue weighted by atomic mass is 32.1. The number of ether oxygens (including phenoxy) is 3. The van der Waals surface area contributed by atoms with E-state index in [0.717, 1.165) is 38.7 Å². The van der Waals surface area contributed by atoms with Gasteiger partial charge in [-0.05, 0) is 36.6 Å². The standard InChI is InChI=1S/C23H21NO4S/c1-26-18-12-14(13-19(27-2)21(18)28-3)11-16-9-10-17-22(20(16)25)29-23(24-17)15-7-5-4-6-8-15/h4-8,11-13H,9-10H2,1-3H3. The minimum Gasteiger partial charge on any atom is -0.493 e. The van der Waals surface area contributed by atoms with Gasteiger partial charge in [-0.3, -0.25) is 4.79 Å². The summed E-state index contributed by atoms with van der Waals surface area (Å²) >= 11 is 1.46. The quantitative estimate of drug-likeness (QED) is 0.554. The first-order valence-electron chi connectivity index (χ1n) is 9.25. The number of ketones is 1. The molecule has 1 aromatic heterocycles. The molecule has 1 aliphatic carbocycles. The van der Waals surface area contributed by atoms with Gasteiger partial charge in [-0.2, -0.15) is 0 Å². The highest BCUT2D eigenvalue weighted by Crippen LogP contribution is 2.40. The fourth-order valence-corrected chi connectivity index (χ4v) is 4.53. The van der Waals surface area contributed by atoms with Crippen molar-refractivity contribution in [2.45, 2.75) is 12.8 Å². The van der Waals surface area contributed by atoms with E-state index in [0.29, 0.717) is 23.7 Å². The molecule has 0 spiro atoms. The van der Waals surface area contributed by atoms with Crippen LogP contribution in [-0.4, -0.2) is 32.1 Å². The molecule has 1 heterocycles. The minimum absolute atomic E-state index is 0.0414. The van der Waals surface area contributed by atoms with E-state index in [1.165, 1.54) is 11.3 Å². The summed E-state index contributed by atoms with van der Waals surface area (Å²) in [5.41, 5.74) is 3.52. The lowest BCUT2D eigenvalue weighted by molar-refractivity contribution is 0.103. The summed E-state index contributed by atoms with van der Waals surface area (Å²) in [7, 11) is 4.72. The number of thiazole rings is 1. The average molecular weight is 407 g/mol. The molecule has 4 rings (SSSR count). The van der Waals surface area contributed by atoms with Gasteiger partial charge in [0.05, 0.1) is 31.9 Å². The Hall–Kier alpha value is -3.12. The number of carbonyl (C=O) groups excluding carboxylic acids is 1. The van der Waals surface area contributed by atoms with Gasteiger partial charge >= 0.3 is 0 Å². The molecule has 0 bridgehead atoms. The number of aromatic nitrogens is 1. The number of nitrogens with zero attached hydrogens (tertiary/aromatic N) is 1. The third-order valence-electron chi connectivity index (χ3n) is 4.88. The number of Topliss-reactive ketones (excluding diaryl/α,β-unsaturated/α-hetero) is 1. The van der Waals surface area contributed by atoms with Crippen molar-refractivity contribution < 1.29 is 19.0 Å². The second-order valence-corrected chi connectivity index (χ2v) is 7.62. The predicted molar refractivity (Wildman–Crippen MR) is 114 cm³/mol. The van der Waals surface area contributed by atoms with Gasteiger partial charge in [0, 0.05) is 11.1 Å². The van der Waals surface area contributed by atoms with Crippen molar-refractivity contribution in [3.05, 3.63) is 64.2 Å². The second kappa shape index (κ2) is 8.09. The Morgan fingerprint density at radius 1 is 0.966 bits per heavy atom. The molecule has 0 saturated heterocycles. The number of hydrogen-bond donors (Lipinski definition) is 0. The average Bonchev–Trinajstić information content (AvgIpc) is 3.21. The molecule has 2 aromatic carbocycles. The second-order valence-electron chi connectivity index (χ2n) is 6.62. The monoisotopic (exact) mass is 407 g/mol. The summed E-state index contributed by atoms with van der Waals surface area (Å²) in [4.78, 5) is 18.5. The van der Waals surface area contributed by atoms with Gasteiger partial charge in [0.15, 0.2) is 11.5 Å². The van der Waals surface area contributed by atoms with Gasteiger partial charge in [-0.1, -0.05) is 30.3 Å². The van der Waals surface area contributed by atoms with Crippen LogP contribution in [0.25, 0.3) is 16.6 Å². The number of aryl methyl sites for hydroxylation is 1. The Morgan fingerprint density at radius 2 is 1.66 bits per heavy atom. The van der Waals surface area contributed by atoms with Crippen LogP contribution in [0.4, 0.5) is 0 Å². The van der Waals surface area contributed by atoms with E-state index in [9.17, 15) is 4.79 Å². The van der Waals surface area contributed by atoms with E-state index in [2.05, 4.69) is 0 Å². The van der Waals surface area contributed by atoms with Crippen LogP contribution in [0.3, 0.4) is 0 Å². The van der Waals surface area contributed by atoms with Crippen LogP contribution in [-0.2, 0) is 6.42 Å². The van der Waals surface area contributed by atoms with Gasteiger partial charge in [0.2, 0.25) is 11.5 Å². The molecule has 1 aliphatic rings. The lowest BCUT2D eigenvalue weighted by Gasteiger charge is -2.15. The zero-order valence-electron chi connectivity index (χ0n) is 16.5. The number of allylic oxidation sites excluding steroid dienone is 1. The van der Waals surface area contributed by atoms with Crippen LogP contribution < -0.4 is 14.2 Å². The minimum atomic E-state index is 0.0414. The van der Waals surface area contributed by atoms with Crippen molar-refractivity contribution in [3.63, 3.8) is 0 Å². The lowest BCUT2D eigenvalue weighted by atomic mass is 9.94. The Morgan fingerprint density at radius 3 is 2.28 bits per heavy atom. The Labute approximate surface area is 173 Å². The van der Waals surface area contributed by atoms with Gasteiger partial charge in [0.1, 0.15) is 5.01 Å². The highest BCUT2D eigenvalue weighted by Gasteiger charge is 2.27. The highest BCUT2D eigenvalue weighted by molar-refractivity contribution is 7.17. The summed E-state index contributed by atoms with van der Waals surface area (Å²) in [5.74, 6) is 1.70. The maximum atomic E-state index is 13.1. The summed E-state index contributed by atoms with van der Waals surface area (Å²) in [6, 6.07) is 13.7. The fourth-order valence-electron chi connectivity index (χ4n) is 3.44. The molecular formula is C23H21NO4S. The fraction of sp³-hybridized carbons (Fsp3) is 0.217. The first-order valence-corrected chi connectivity index (χ1v) is 10.1. The third kappa shape index (κ3) is 3.63. The zero-order chi connectivity index (χ0) is 20.4. The lowest BCUT2D eigenvalue weighted by Crippen LogP contribution is -2.12. The van der Waals surface area contributed by atoms with Crippen LogP contribution in [0.5, 0.6) is 17.2 Å². The van der Waals surface area contributed by atoms with Crippen molar-refractivity contribution in [1.29, 1.82) is 0 Å². The topological polar surface area (TPSA) is 57.7 Å². The van der Waals surface area contributed by atoms with Gasteiger partial charge in [0.25, 0.3) is 0 Å². The van der Waals surface area contributed by atoms with Crippen molar-refractivity contribution in [2.24, 2.45) is 0 Å². The molecule has 0 N–H and O–H groups in total. The molecule has 0 radical (unpaired) electrons. The van der Waals surface area contributed by atoms with Gasteiger partial charge < -0.3 is 14.2 Å². The molecule has 29 heavy (non-hydrogen) atoms. The normalized spacial score (nSPS) is 14.6. The number of methoxy groups -OCH3 is 3. The van der Waals surface area contributed by atoms with Crippen molar-refractivity contribution in [3.8, 4) is 27.8 Å². The van der Waals surface area contributed by atoms with Crippen molar-refractivity contribution >= 4 is 23.2 Å². The van der Waals surface area contributed by atoms with Crippen LogP contribution in [0, 0.1) is 0 Å². The van der Waals surface area contributed by atoms with Crippen LogP contribution in [0.2, 0.25) is 0 Å². The number of benzene rings is 2. The molecule has 0 saturated carbocycles. The van der Waals surface area contributed by atoms with E-state index >= 15 is 0 Å². The van der Waals surface area contributed by atoms with Gasteiger partial charge in [-0.25, -0.2) is 4.98 Å². The van der Waals surface area contributed by atoms with E-state index in [1.807, 2.05) is 48.5 Å². The van der Waals surface area contributed by atoms with E-state index < -0.39 is 0 Å². The maximum Gasteiger partial charge on any atom is 0.203 e. The van der Waals surface area contributed by atoms with Crippen LogP contribution in [0.15, 0.2) is 48.0 Å². The largest absolute Gasteiger partial charge is 0.493 e. The van der Waals surface area contributed by atoms with E-state index in [4.69, 9.17) is 19.2 Å². The number of carbonyl (C=O) groups is 1. The number of fused-ring (bicyclic) bond motifs is 1. The van der Waals surface area contributed by atoms with Crippen molar-refractivity contribution in [2.75, 3.05) is 21.3 Å². The Balaban J connectivity index is 1.69. The molecular weight excluding hydrogens is 386 g/mol. The van der Waals surface area contributed by atoms with Crippen molar-refractivity contribution in [1.82, 2.24) is 4.98 Å². The Bertz CT molecular complexity index is 1060. The van der Waals surface area contributed by atoms with Gasteiger partial charge in [-0.15, -0.1) is 11.3 Å². The summed E-state index contributed by atoms with van der Waals surface area (Å²) in [6.07, 6.45) is 3.30. The molecule has 0 atom stereocenters. The Kier molecular flexibility index (Phi) is 5.36. The number of rotatable bonds is 5. The molecule has 6 heteroatoms. The van der Waals surface area contributed by atoms with Crippen LogP contribution in [0.1, 0.15) is 27.3 Å². The molecule has 0 fully saturated rings. The predicted octanol–water partition coefficient (Wildman–Crippen LogP) is 5.05. The molecule has 0 amide bonds. The first kappa shape index (κ1) is 19.2. The smallest absolute Gasteiger partial charge is 0.203 e. The molecule has 3 aromatic rings. The number of hydrogen-bond acceptors (Lipinski definition) is 6. The first-order chi connectivity index (χ1) is 14.1. The summed E-state index contributed by atoms with van der Waals surface area (Å²) in [6.45, 7) is 0. The molecule has 5 nitrogen and oxygen atoms in total. The SMILES string of the molecule is COc1cc(C=C2CCc3nc(-c4ccccc4)sc3C2=O)cc(OC)c1OC. The van der Waals surface area contributed by atoms with E-state index in [1.54, 1.807) is 21.3 Å². The van der Waals surface area contributed by atoms with Crippen LogP contribution >= 0.6 is 11.3 Å². The van der Waals surface area contributed by atoms with E-state index in [-0.39, 0.29) is 5.78 Å². The summed E-state index contributed by atoms with van der Waals surface area (Å²) in [5, 5.41) is 0.887. The third-order valence-corrected chi connectivity index (χ3v) is 6.02. The molecule has 0 unspecified atom stereocenters. The maximum absolute atomic E-state index is 13.1. The molecule has 0 aliphatic heterocycles. The summed E-state index contributed by atoms with van der Waals surface area (Å²) < 4.78 is 16.2.